The number of likely N-dealkylation sites (N-methyl/N-ethyl adjacent to an activating group) is 1. The van der Waals surface area contributed by atoms with Crippen molar-refractivity contribution in [2.24, 2.45) is 11.7 Å². The van der Waals surface area contributed by atoms with Gasteiger partial charge in [0.2, 0.25) is 5.91 Å². The zero-order valence-corrected chi connectivity index (χ0v) is 13.4. The number of carbonyl (C=O) groups is 1. The van der Waals surface area contributed by atoms with Crippen LogP contribution in [0.2, 0.25) is 0 Å². The highest BCUT2D eigenvalue weighted by atomic mass is 16.5. The summed E-state index contributed by atoms with van der Waals surface area (Å²) in [6.07, 6.45) is 0. The molecule has 0 saturated carbocycles. The van der Waals surface area contributed by atoms with Gasteiger partial charge in [-0.25, -0.2) is 0 Å². The fourth-order valence-electron chi connectivity index (χ4n) is 2.34. The van der Waals surface area contributed by atoms with Crippen LogP contribution in [0.4, 0.5) is 0 Å². The van der Waals surface area contributed by atoms with Crippen LogP contribution in [0.3, 0.4) is 0 Å². The van der Waals surface area contributed by atoms with Crippen LogP contribution < -0.4 is 10.5 Å². The van der Waals surface area contributed by atoms with Crippen LogP contribution in [0.1, 0.15) is 30.5 Å². The second-order valence-corrected chi connectivity index (χ2v) is 5.73. The second-order valence-electron chi connectivity index (χ2n) is 5.73. The number of nitrogens with zero attached hydrogens (tertiary/aromatic N) is 1. The Labute approximate surface area is 121 Å². The molecule has 0 aliphatic heterocycles. The maximum absolute atomic E-state index is 12.2. The quantitative estimate of drug-likeness (QED) is 0.899. The maximum Gasteiger partial charge on any atom is 0.239 e. The van der Waals surface area contributed by atoms with Gasteiger partial charge < -0.3 is 15.4 Å². The number of amides is 1. The Kier molecular flexibility index (Phi) is 5.57. The van der Waals surface area contributed by atoms with Gasteiger partial charge in [0.05, 0.1) is 13.2 Å². The number of benzene rings is 1. The highest BCUT2D eigenvalue weighted by Crippen LogP contribution is 2.24. The molecule has 0 aliphatic rings. The van der Waals surface area contributed by atoms with E-state index in [1.165, 1.54) is 0 Å². The van der Waals surface area contributed by atoms with E-state index in [0.29, 0.717) is 6.54 Å². The number of aryl methyl sites for hydroxylation is 2. The molecule has 0 aromatic heterocycles. The predicted octanol–water partition coefficient (Wildman–Crippen LogP) is 2.25. The Hall–Kier alpha value is -1.55. The Morgan fingerprint density at radius 1 is 1.30 bits per heavy atom. The first kappa shape index (κ1) is 16.5. The minimum atomic E-state index is -0.444. The summed E-state index contributed by atoms with van der Waals surface area (Å²) in [6, 6.07) is 3.66. The molecule has 0 saturated heterocycles. The van der Waals surface area contributed by atoms with Crippen LogP contribution in [0, 0.1) is 19.8 Å². The summed E-state index contributed by atoms with van der Waals surface area (Å²) in [5.41, 5.74) is 9.16. The van der Waals surface area contributed by atoms with E-state index in [1.54, 1.807) is 19.1 Å². The highest BCUT2D eigenvalue weighted by molar-refractivity contribution is 5.81. The summed E-state index contributed by atoms with van der Waals surface area (Å²) in [7, 11) is 3.46. The molecule has 0 bridgehead atoms. The molecule has 1 aromatic rings. The van der Waals surface area contributed by atoms with Crippen molar-refractivity contribution in [2.45, 2.75) is 40.3 Å². The van der Waals surface area contributed by atoms with Crippen molar-refractivity contribution in [3.8, 4) is 5.75 Å². The molecule has 4 heteroatoms. The predicted molar refractivity (Wildman–Crippen MR) is 81.8 cm³/mol. The molecule has 20 heavy (non-hydrogen) atoms. The number of methoxy groups -OCH3 is 1. The van der Waals surface area contributed by atoms with Crippen molar-refractivity contribution in [1.82, 2.24) is 4.90 Å². The topological polar surface area (TPSA) is 55.6 Å². The van der Waals surface area contributed by atoms with Gasteiger partial charge in [-0.05, 0) is 36.5 Å². The third-order valence-corrected chi connectivity index (χ3v) is 3.52. The molecular weight excluding hydrogens is 252 g/mol. The third-order valence-electron chi connectivity index (χ3n) is 3.52. The maximum atomic E-state index is 12.2. The summed E-state index contributed by atoms with van der Waals surface area (Å²) in [6.45, 7) is 8.50. The van der Waals surface area contributed by atoms with E-state index in [0.717, 1.165) is 22.4 Å². The minimum absolute atomic E-state index is 0.0221. The van der Waals surface area contributed by atoms with Gasteiger partial charge in [-0.1, -0.05) is 26.0 Å². The lowest BCUT2D eigenvalue weighted by atomic mass is 10.0. The minimum Gasteiger partial charge on any atom is -0.496 e. The van der Waals surface area contributed by atoms with Gasteiger partial charge in [0.25, 0.3) is 0 Å². The Morgan fingerprint density at radius 3 is 2.20 bits per heavy atom. The number of carbonyl (C=O) groups excluding carboxylic acids is 1. The Morgan fingerprint density at radius 2 is 1.80 bits per heavy atom. The molecule has 112 valence electrons. The van der Waals surface area contributed by atoms with Crippen molar-refractivity contribution in [2.75, 3.05) is 14.2 Å². The summed E-state index contributed by atoms with van der Waals surface area (Å²) < 4.78 is 5.35. The van der Waals surface area contributed by atoms with Gasteiger partial charge >= 0.3 is 0 Å². The van der Waals surface area contributed by atoms with Gasteiger partial charge in [-0.15, -0.1) is 0 Å². The van der Waals surface area contributed by atoms with Crippen LogP contribution in [0.15, 0.2) is 12.1 Å². The fourth-order valence-corrected chi connectivity index (χ4v) is 2.34. The van der Waals surface area contributed by atoms with Crippen molar-refractivity contribution in [3.05, 3.63) is 28.8 Å². The molecule has 0 aliphatic carbocycles. The standard InChI is InChI=1S/C16H26N2O2/c1-10(2)14(17)16(19)18(5)9-13-7-11(3)15(20-6)12(4)8-13/h7-8,10,14H,9,17H2,1-6H3/t14-/m0/s1. The molecule has 0 heterocycles. The van der Waals surface area contributed by atoms with E-state index in [1.807, 2.05) is 27.7 Å². The number of hydrogen-bond donors (Lipinski definition) is 1. The molecule has 0 unspecified atom stereocenters. The molecule has 1 rings (SSSR count). The number of rotatable bonds is 5. The first-order chi connectivity index (χ1) is 9.27. The first-order valence-electron chi connectivity index (χ1n) is 6.92. The van der Waals surface area contributed by atoms with E-state index in [2.05, 4.69) is 12.1 Å². The average Bonchev–Trinajstić information content (AvgIpc) is 2.36. The van der Waals surface area contributed by atoms with E-state index >= 15 is 0 Å². The van der Waals surface area contributed by atoms with E-state index in [4.69, 9.17) is 10.5 Å². The average molecular weight is 278 g/mol. The fraction of sp³-hybridized carbons (Fsp3) is 0.562. The third kappa shape index (κ3) is 3.73. The monoisotopic (exact) mass is 278 g/mol. The second kappa shape index (κ2) is 6.75. The van der Waals surface area contributed by atoms with E-state index < -0.39 is 6.04 Å². The SMILES string of the molecule is COc1c(C)cc(CN(C)C(=O)[C@@H](N)C(C)C)cc1C. The van der Waals surface area contributed by atoms with Gasteiger partial charge in [0.1, 0.15) is 5.75 Å². The van der Waals surface area contributed by atoms with Crippen molar-refractivity contribution >= 4 is 5.91 Å². The summed E-state index contributed by atoms with van der Waals surface area (Å²) in [5.74, 6) is 1.03. The van der Waals surface area contributed by atoms with Crippen molar-refractivity contribution in [3.63, 3.8) is 0 Å². The molecule has 0 fully saturated rings. The number of nitrogens with two attached hydrogens (primary N) is 1. The smallest absolute Gasteiger partial charge is 0.239 e. The molecule has 1 atom stereocenters. The Balaban J connectivity index is 2.86. The van der Waals surface area contributed by atoms with Crippen LogP contribution >= 0.6 is 0 Å². The largest absolute Gasteiger partial charge is 0.496 e. The van der Waals surface area contributed by atoms with E-state index in [9.17, 15) is 4.79 Å². The zero-order chi connectivity index (χ0) is 15.4. The van der Waals surface area contributed by atoms with Crippen molar-refractivity contribution in [1.29, 1.82) is 0 Å². The lowest BCUT2D eigenvalue weighted by Gasteiger charge is -2.24. The molecule has 1 aromatic carbocycles. The molecule has 0 radical (unpaired) electrons. The highest BCUT2D eigenvalue weighted by Gasteiger charge is 2.21. The first-order valence-corrected chi connectivity index (χ1v) is 6.92. The van der Waals surface area contributed by atoms with Crippen LogP contribution in [-0.4, -0.2) is 31.0 Å². The van der Waals surface area contributed by atoms with Gasteiger partial charge in [-0.3, -0.25) is 4.79 Å². The molecule has 0 spiro atoms. The normalized spacial score (nSPS) is 12.4. The molecular formula is C16H26N2O2. The lowest BCUT2D eigenvalue weighted by Crippen LogP contribution is -2.44. The van der Waals surface area contributed by atoms with E-state index in [-0.39, 0.29) is 11.8 Å². The zero-order valence-electron chi connectivity index (χ0n) is 13.4. The Bertz CT molecular complexity index is 460. The van der Waals surface area contributed by atoms with Crippen LogP contribution in [0.5, 0.6) is 5.75 Å². The van der Waals surface area contributed by atoms with Gasteiger partial charge in [-0.2, -0.15) is 0 Å². The summed E-state index contributed by atoms with van der Waals surface area (Å²) in [4.78, 5) is 13.8. The summed E-state index contributed by atoms with van der Waals surface area (Å²) >= 11 is 0. The number of ether oxygens (including phenoxy) is 1. The molecule has 2 N–H and O–H groups in total. The van der Waals surface area contributed by atoms with Crippen LogP contribution in [0.25, 0.3) is 0 Å². The summed E-state index contributed by atoms with van der Waals surface area (Å²) in [5, 5.41) is 0. The van der Waals surface area contributed by atoms with Gasteiger partial charge in [0, 0.05) is 13.6 Å². The molecule has 1 amide bonds. The molecule has 4 nitrogen and oxygen atoms in total. The lowest BCUT2D eigenvalue weighted by molar-refractivity contribution is -0.132. The van der Waals surface area contributed by atoms with Gasteiger partial charge in [0.15, 0.2) is 0 Å². The van der Waals surface area contributed by atoms with Crippen LogP contribution in [-0.2, 0) is 11.3 Å². The van der Waals surface area contributed by atoms with Crippen molar-refractivity contribution < 1.29 is 9.53 Å². The number of hydrogen-bond acceptors (Lipinski definition) is 3.